The molecule has 0 spiro atoms. The zero-order valence-corrected chi connectivity index (χ0v) is 41.6. The molecule has 0 aromatic heterocycles. The first-order valence-corrected chi connectivity index (χ1v) is 27.6. The van der Waals surface area contributed by atoms with Gasteiger partial charge in [0.15, 0.2) is 0 Å². The number of hydrogen-bond acceptors (Lipinski definition) is 5. The van der Waals surface area contributed by atoms with Crippen molar-refractivity contribution in [3.05, 3.63) is 24.3 Å². The van der Waals surface area contributed by atoms with Gasteiger partial charge in [-0.1, -0.05) is 231 Å². The summed E-state index contributed by atoms with van der Waals surface area (Å²) in [6, 6.07) is -0.561. The average Bonchev–Trinajstić information content (AvgIpc) is 3.27. The predicted molar refractivity (Wildman–Crippen MR) is 269 cm³/mol. The van der Waals surface area contributed by atoms with E-state index >= 15 is 0 Å². The van der Waals surface area contributed by atoms with Crippen LogP contribution in [0.25, 0.3) is 0 Å². The Bertz CT molecular complexity index is 966. The second-order valence-corrected chi connectivity index (χ2v) is 18.9. The van der Waals surface area contributed by atoms with Crippen molar-refractivity contribution < 1.29 is 24.5 Å². The molecule has 0 rings (SSSR count). The number of allylic oxidation sites excluding steroid dienone is 4. The van der Waals surface area contributed by atoms with Gasteiger partial charge in [0.1, 0.15) is 0 Å². The topological polar surface area (TPSA) is 95.9 Å². The van der Waals surface area contributed by atoms with Crippen LogP contribution >= 0.6 is 0 Å². The molecule has 0 aromatic carbocycles. The van der Waals surface area contributed by atoms with Crippen molar-refractivity contribution in [1.82, 2.24) is 5.32 Å². The Morgan fingerprint density at radius 1 is 0.435 bits per heavy atom. The van der Waals surface area contributed by atoms with Gasteiger partial charge in [0, 0.05) is 12.8 Å². The predicted octanol–water partition coefficient (Wildman–Crippen LogP) is 16.7. The van der Waals surface area contributed by atoms with E-state index in [0.717, 1.165) is 77.0 Å². The fourth-order valence-corrected chi connectivity index (χ4v) is 8.44. The standard InChI is InChI=1S/C56H107NO5/c1-3-5-7-9-11-13-15-16-17-18-19-20-21-22-23-24-25-29-32-36-40-44-48-54(59)53(52-58)57-55(60)49-45-41-37-33-30-26-27-31-35-39-43-47-51-62-56(61)50-46-42-38-34-28-14-12-10-8-6-4-2/h10,12,27,31,53-54,58-59H,3-9,11,13-26,28-30,32-52H2,1-2H3,(H,57,60)/b12-10-,31-27-. The minimum Gasteiger partial charge on any atom is -0.466 e. The number of esters is 1. The van der Waals surface area contributed by atoms with E-state index in [2.05, 4.69) is 43.5 Å². The highest BCUT2D eigenvalue weighted by atomic mass is 16.5. The number of carbonyl (C=O) groups is 2. The lowest BCUT2D eigenvalue weighted by Gasteiger charge is -2.22. The smallest absolute Gasteiger partial charge is 0.305 e. The number of aliphatic hydroxyl groups excluding tert-OH is 2. The summed E-state index contributed by atoms with van der Waals surface area (Å²) in [7, 11) is 0. The normalized spacial score (nSPS) is 12.8. The van der Waals surface area contributed by atoms with Gasteiger partial charge < -0.3 is 20.3 Å². The van der Waals surface area contributed by atoms with Crippen LogP contribution in [0.3, 0.4) is 0 Å². The van der Waals surface area contributed by atoms with Crippen LogP contribution in [0, 0.1) is 0 Å². The van der Waals surface area contributed by atoms with Gasteiger partial charge >= 0.3 is 5.97 Å². The maximum atomic E-state index is 12.5. The Balaban J connectivity index is 3.50. The van der Waals surface area contributed by atoms with E-state index in [1.165, 1.54) is 186 Å². The SMILES string of the molecule is CCCC/C=C\CCCCCCCC(=O)OCCCCC/C=C\CCCCCCCC(=O)NC(CO)C(O)CCCCCCCCCCCCCCCCCCCCCCCC. The Morgan fingerprint density at radius 2 is 0.774 bits per heavy atom. The summed E-state index contributed by atoms with van der Waals surface area (Å²) < 4.78 is 5.42. The molecule has 2 unspecified atom stereocenters. The van der Waals surface area contributed by atoms with E-state index < -0.39 is 12.1 Å². The van der Waals surface area contributed by atoms with Crippen molar-refractivity contribution in [3.63, 3.8) is 0 Å². The van der Waals surface area contributed by atoms with Crippen molar-refractivity contribution in [3.8, 4) is 0 Å². The molecule has 0 aliphatic heterocycles. The number of carbonyl (C=O) groups excluding carboxylic acids is 2. The number of hydrogen-bond donors (Lipinski definition) is 3. The van der Waals surface area contributed by atoms with E-state index in [1.54, 1.807) is 0 Å². The fourth-order valence-electron chi connectivity index (χ4n) is 8.44. The quantitative estimate of drug-likeness (QED) is 0.0321. The first kappa shape index (κ1) is 60.3. The highest BCUT2D eigenvalue weighted by Crippen LogP contribution is 2.17. The number of unbranched alkanes of at least 4 members (excludes halogenated alkanes) is 36. The summed E-state index contributed by atoms with van der Waals surface area (Å²) in [6.07, 6.45) is 61.6. The molecule has 0 saturated carbocycles. The van der Waals surface area contributed by atoms with Gasteiger partial charge in [-0.15, -0.1) is 0 Å². The largest absolute Gasteiger partial charge is 0.466 e. The molecule has 62 heavy (non-hydrogen) atoms. The van der Waals surface area contributed by atoms with Crippen LogP contribution in [0.1, 0.15) is 296 Å². The van der Waals surface area contributed by atoms with E-state index in [0.29, 0.717) is 25.9 Å². The summed E-state index contributed by atoms with van der Waals surface area (Å²) in [6.45, 7) is 4.86. The third-order valence-electron chi connectivity index (χ3n) is 12.7. The first-order valence-electron chi connectivity index (χ1n) is 27.6. The molecule has 0 bridgehead atoms. The molecule has 0 heterocycles. The molecule has 366 valence electrons. The maximum Gasteiger partial charge on any atom is 0.305 e. The summed E-state index contributed by atoms with van der Waals surface area (Å²) in [5, 5.41) is 23.3. The second-order valence-electron chi connectivity index (χ2n) is 18.9. The molecule has 2 atom stereocenters. The monoisotopic (exact) mass is 874 g/mol. The van der Waals surface area contributed by atoms with Gasteiger partial charge in [-0.25, -0.2) is 0 Å². The minimum absolute atomic E-state index is 0.0334. The van der Waals surface area contributed by atoms with Crippen LogP contribution in [0.15, 0.2) is 24.3 Å². The van der Waals surface area contributed by atoms with Crippen LogP contribution in [0.2, 0.25) is 0 Å². The maximum absolute atomic E-state index is 12.5. The van der Waals surface area contributed by atoms with Gasteiger partial charge in [0.05, 0.1) is 25.4 Å². The van der Waals surface area contributed by atoms with E-state index in [1.807, 2.05) is 0 Å². The number of rotatable bonds is 51. The summed E-state index contributed by atoms with van der Waals surface area (Å²) in [5.41, 5.74) is 0. The van der Waals surface area contributed by atoms with E-state index in [9.17, 15) is 19.8 Å². The summed E-state index contributed by atoms with van der Waals surface area (Å²) in [4.78, 5) is 24.5. The number of ether oxygens (including phenoxy) is 1. The van der Waals surface area contributed by atoms with Gasteiger partial charge in [-0.05, 0) is 77.0 Å². The number of amides is 1. The second kappa shape index (κ2) is 52.0. The van der Waals surface area contributed by atoms with Gasteiger partial charge in [0.25, 0.3) is 0 Å². The van der Waals surface area contributed by atoms with Gasteiger partial charge in [-0.3, -0.25) is 9.59 Å². The third kappa shape index (κ3) is 47.8. The highest BCUT2D eigenvalue weighted by Gasteiger charge is 2.20. The van der Waals surface area contributed by atoms with Crippen molar-refractivity contribution in [1.29, 1.82) is 0 Å². The zero-order chi connectivity index (χ0) is 45.1. The summed E-state index contributed by atoms with van der Waals surface area (Å²) in [5.74, 6) is -0.0924. The highest BCUT2D eigenvalue weighted by molar-refractivity contribution is 5.76. The lowest BCUT2D eigenvalue weighted by Crippen LogP contribution is -2.45. The molecule has 1 amide bonds. The molecule has 0 aliphatic carbocycles. The Hall–Kier alpha value is -1.66. The minimum atomic E-state index is -0.681. The zero-order valence-electron chi connectivity index (χ0n) is 41.6. The lowest BCUT2D eigenvalue weighted by atomic mass is 10.0. The molecule has 0 radical (unpaired) electrons. The van der Waals surface area contributed by atoms with Crippen LogP contribution in [0.5, 0.6) is 0 Å². The van der Waals surface area contributed by atoms with Gasteiger partial charge in [-0.2, -0.15) is 0 Å². The van der Waals surface area contributed by atoms with Crippen LogP contribution in [-0.2, 0) is 14.3 Å². The Kier molecular flexibility index (Phi) is 50.6. The van der Waals surface area contributed by atoms with E-state index in [4.69, 9.17) is 4.74 Å². The number of aliphatic hydroxyl groups is 2. The van der Waals surface area contributed by atoms with Crippen molar-refractivity contribution in [2.75, 3.05) is 13.2 Å². The Morgan fingerprint density at radius 3 is 1.19 bits per heavy atom. The van der Waals surface area contributed by atoms with E-state index in [-0.39, 0.29) is 18.5 Å². The van der Waals surface area contributed by atoms with Crippen LogP contribution < -0.4 is 5.32 Å². The van der Waals surface area contributed by atoms with Crippen LogP contribution in [0.4, 0.5) is 0 Å². The molecule has 3 N–H and O–H groups in total. The molecule has 0 fully saturated rings. The molecule has 0 aromatic rings. The van der Waals surface area contributed by atoms with Crippen molar-refractivity contribution >= 4 is 11.9 Å². The van der Waals surface area contributed by atoms with Crippen molar-refractivity contribution in [2.24, 2.45) is 0 Å². The van der Waals surface area contributed by atoms with Gasteiger partial charge in [0.2, 0.25) is 5.91 Å². The summed E-state index contributed by atoms with van der Waals surface area (Å²) >= 11 is 0. The average molecular weight is 874 g/mol. The Labute approximate surface area is 386 Å². The lowest BCUT2D eigenvalue weighted by molar-refractivity contribution is -0.143. The molecule has 6 heteroatoms. The molecule has 0 aliphatic rings. The molecular formula is C56H107NO5. The van der Waals surface area contributed by atoms with Crippen molar-refractivity contribution in [2.45, 2.75) is 309 Å². The fraction of sp³-hybridized carbons (Fsp3) is 0.893. The molecule has 6 nitrogen and oxygen atoms in total. The first-order chi connectivity index (χ1) is 30.5. The molecule has 0 saturated heterocycles. The number of nitrogens with one attached hydrogen (secondary N) is 1. The third-order valence-corrected chi connectivity index (χ3v) is 12.7. The van der Waals surface area contributed by atoms with Crippen LogP contribution in [-0.4, -0.2) is 47.4 Å². The molecular weight excluding hydrogens is 767 g/mol.